The molecule has 0 radical (unpaired) electrons. The lowest BCUT2D eigenvalue weighted by Crippen LogP contribution is -2.24. The number of aryl methyl sites for hydroxylation is 1. The van der Waals surface area contributed by atoms with Crippen LogP contribution in [0.5, 0.6) is 23.0 Å². The van der Waals surface area contributed by atoms with E-state index in [9.17, 15) is 0 Å². The minimum absolute atomic E-state index is 0.405. The Kier molecular flexibility index (Phi) is 8.35. The number of hydrogen-bond acceptors (Lipinski definition) is 8. The molecule has 0 aliphatic heterocycles. The molecule has 2 aromatic carbocycles. The third-order valence-electron chi connectivity index (χ3n) is 6.08. The summed E-state index contributed by atoms with van der Waals surface area (Å²) in [4.78, 5) is 15.3. The molecule has 0 spiro atoms. The molecule has 0 bridgehead atoms. The third kappa shape index (κ3) is 5.89. The topological polar surface area (TPSA) is 91.0 Å². The van der Waals surface area contributed by atoms with Gasteiger partial charge in [-0.15, -0.1) is 0 Å². The Morgan fingerprint density at radius 3 is 1.89 bits per heavy atom. The predicted octanol–water partition coefficient (Wildman–Crippen LogP) is 5.04. The van der Waals surface area contributed by atoms with Crippen LogP contribution in [0.25, 0.3) is 11.0 Å². The van der Waals surface area contributed by atoms with Gasteiger partial charge in [0.15, 0.2) is 5.82 Å². The van der Waals surface area contributed by atoms with E-state index in [4.69, 9.17) is 33.7 Å². The normalized spacial score (nSPS) is 11.0. The summed E-state index contributed by atoms with van der Waals surface area (Å²) in [5.41, 5.74) is 4.53. The Morgan fingerprint density at radius 1 is 0.784 bits per heavy atom. The zero-order chi connectivity index (χ0) is 26.4. The molecule has 0 amide bonds. The molecule has 4 aromatic rings. The Labute approximate surface area is 217 Å². The summed E-state index contributed by atoms with van der Waals surface area (Å²) in [5.74, 6) is 4.43. The Hall–Kier alpha value is -3.98. The predicted molar refractivity (Wildman–Crippen MR) is 143 cm³/mol. The van der Waals surface area contributed by atoms with Crippen LogP contribution in [-0.4, -0.2) is 50.0 Å². The van der Waals surface area contributed by atoms with Gasteiger partial charge in [0, 0.05) is 48.6 Å². The van der Waals surface area contributed by atoms with Gasteiger partial charge in [-0.25, -0.2) is 9.97 Å². The van der Waals surface area contributed by atoms with Gasteiger partial charge in [0.05, 0.1) is 34.0 Å². The summed E-state index contributed by atoms with van der Waals surface area (Å²) in [6.45, 7) is 5.99. The van der Waals surface area contributed by atoms with Crippen molar-refractivity contribution >= 4 is 16.9 Å². The van der Waals surface area contributed by atoms with Crippen molar-refractivity contribution in [1.29, 1.82) is 0 Å². The molecule has 37 heavy (non-hydrogen) atoms. The van der Waals surface area contributed by atoms with Crippen molar-refractivity contribution in [1.82, 2.24) is 15.0 Å². The van der Waals surface area contributed by atoms with Crippen molar-refractivity contribution in [2.45, 2.75) is 33.5 Å². The SMILES string of the molecule is CCOCc1nc2c(N(Cc3ccc(OC)cc3OC)Cc3ccc(OC)cc3OC)nc(C)cc2[nH]1. The second kappa shape index (κ2) is 11.8. The fourth-order valence-electron chi connectivity index (χ4n) is 4.24. The number of ether oxygens (including phenoxy) is 5. The molecule has 196 valence electrons. The zero-order valence-electron chi connectivity index (χ0n) is 22.3. The van der Waals surface area contributed by atoms with Crippen LogP contribution in [0.15, 0.2) is 42.5 Å². The number of fused-ring (bicyclic) bond motifs is 1. The second-order valence-electron chi connectivity index (χ2n) is 8.52. The number of nitrogens with zero attached hydrogens (tertiary/aromatic N) is 3. The van der Waals surface area contributed by atoms with Gasteiger partial charge in [-0.1, -0.05) is 0 Å². The summed E-state index contributed by atoms with van der Waals surface area (Å²) < 4.78 is 27.8. The van der Waals surface area contributed by atoms with Gasteiger partial charge in [-0.05, 0) is 44.2 Å². The molecule has 0 saturated heterocycles. The highest BCUT2D eigenvalue weighted by molar-refractivity contribution is 5.87. The van der Waals surface area contributed by atoms with E-state index >= 15 is 0 Å². The van der Waals surface area contributed by atoms with Gasteiger partial charge in [0.2, 0.25) is 0 Å². The maximum Gasteiger partial charge on any atom is 0.157 e. The number of rotatable bonds is 12. The fourth-order valence-corrected chi connectivity index (χ4v) is 4.24. The molecular weight excluding hydrogens is 472 g/mol. The van der Waals surface area contributed by atoms with Crippen molar-refractivity contribution in [3.05, 3.63) is 65.1 Å². The first-order chi connectivity index (χ1) is 18.0. The summed E-state index contributed by atoms with van der Waals surface area (Å²) in [6.07, 6.45) is 0. The fraction of sp³-hybridized carbons (Fsp3) is 0.357. The van der Waals surface area contributed by atoms with Crippen molar-refractivity contribution < 1.29 is 23.7 Å². The Morgan fingerprint density at radius 2 is 1.38 bits per heavy atom. The van der Waals surface area contributed by atoms with Gasteiger partial charge in [0.1, 0.15) is 40.9 Å². The first kappa shape index (κ1) is 26.1. The highest BCUT2D eigenvalue weighted by atomic mass is 16.5. The molecule has 0 unspecified atom stereocenters. The van der Waals surface area contributed by atoms with Crippen molar-refractivity contribution in [2.24, 2.45) is 0 Å². The van der Waals surface area contributed by atoms with E-state index in [1.165, 1.54) is 0 Å². The first-order valence-corrected chi connectivity index (χ1v) is 12.1. The van der Waals surface area contributed by atoms with Crippen molar-refractivity contribution in [3.8, 4) is 23.0 Å². The molecule has 2 aromatic heterocycles. The lowest BCUT2D eigenvalue weighted by molar-refractivity contribution is 0.129. The van der Waals surface area contributed by atoms with Gasteiger partial charge >= 0.3 is 0 Å². The zero-order valence-corrected chi connectivity index (χ0v) is 22.3. The number of methoxy groups -OCH3 is 4. The minimum atomic E-state index is 0.405. The molecule has 2 heterocycles. The largest absolute Gasteiger partial charge is 0.497 e. The van der Waals surface area contributed by atoms with E-state index in [0.717, 1.165) is 62.5 Å². The second-order valence-corrected chi connectivity index (χ2v) is 8.52. The lowest BCUT2D eigenvalue weighted by atomic mass is 10.1. The van der Waals surface area contributed by atoms with E-state index in [-0.39, 0.29) is 0 Å². The van der Waals surface area contributed by atoms with Crippen LogP contribution in [0.4, 0.5) is 5.82 Å². The first-order valence-electron chi connectivity index (χ1n) is 12.1. The monoisotopic (exact) mass is 506 g/mol. The molecule has 0 aliphatic carbocycles. The van der Waals surface area contributed by atoms with E-state index in [2.05, 4.69) is 9.88 Å². The number of aromatic amines is 1. The average Bonchev–Trinajstić information content (AvgIpc) is 3.33. The number of aromatic nitrogens is 3. The van der Waals surface area contributed by atoms with E-state index < -0.39 is 0 Å². The molecule has 0 aliphatic rings. The summed E-state index contributed by atoms with van der Waals surface area (Å²) in [5, 5.41) is 0. The highest BCUT2D eigenvalue weighted by Gasteiger charge is 2.21. The third-order valence-corrected chi connectivity index (χ3v) is 6.08. The smallest absolute Gasteiger partial charge is 0.157 e. The molecule has 0 saturated carbocycles. The van der Waals surface area contributed by atoms with Crippen LogP contribution in [-0.2, 0) is 24.4 Å². The molecule has 9 heteroatoms. The van der Waals surface area contributed by atoms with Gasteiger partial charge in [-0.3, -0.25) is 0 Å². The molecule has 0 atom stereocenters. The van der Waals surface area contributed by atoms with Gasteiger partial charge < -0.3 is 33.6 Å². The standard InChI is InChI=1S/C28H34N4O5/c1-7-37-17-26-30-23-12-18(2)29-28(27(23)31-26)32(15-19-8-10-21(33-3)13-24(19)35-5)16-20-9-11-22(34-4)14-25(20)36-6/h8-14H,7,15-17H2,1-6H3,(H,30,31). The van der Waals surface area contributed by atoms with Crippen molar-refractivity contribution in [2.75, 3.05) is 39.9 Å². The van der Waals surface area contributed by atoms with Crippen molar-refractivity contribution in [3.63, 3.8) is 0 Å². The van der Waals surface area contributed by atoms with Crippen LogP contribution >= 0.6 is 0 Å². The Balaban J connectivity index is 1.82. The van der Waals surface area contributed by atoms with E-state index in [0.29, 0.717) is 26.3 Å². The Bertz CT molecular complexity index is 1300. The number of pyridine rings is 1. The van der Waals surface area contributed by atoms with Crippen LogP contribution in [0.1, 0.15) is 29.6 Å². The van der Waals surface area contributed by atoms with Crippen LogP contribution in [0.2, 0.25) is 0 Å². The van der Waals surface area contributed by atoms with Crippen LogP contribution < -0.4 is 23.8 Å². The van der Waals surface area contributed by atoms with Gasteiger partial charge in [0.25, 0.3) is 0 Å². The molecule has 9 nitrogen and oxygen atoms in total. The number of anilines is 1. The maximum absolute atomic E-state index is 5.70. The van der Waals surface area contributed by atoms with Gasteiger partial charge in [-0.2, -0.15) is 0 Å². The molecular formula is C28H34N4O5. The van der Waals surface area contributed by atoms with E-state index in [1.54, 1.807) is 28.4 Å². The molecule has 4 rings (SSSR count). The number of H-pyrrole nitrogens is 1. The number of nitrogens with one attached hydrogen (secondary N) is 1. The molecule has 1 N–H and O–H groups in total. The minimum Gasteiger partial charge on any atom is -0.497 e. The van der Waals surface area contributed by atoms with Crippen LogP contribution in [0, 0.1) is 6.92 Å². The quantitative estimate of drug-likeness (QED) is 0.286. The lowest BCUT2D eigenvalue weighted by Gasteiger charge is -2.26. The maximum atomic E-state index is 5.70. The number of benzene rings is 2. The average molecular weight is 507 g/mol. The summed E-state index contributed by atoms with van der Waals surface area (Å²) in [7, 11) is 6.60. The van der Waals surface area contributed by atoms with E-state index in [1.807, 2.05) is 56.3 Å². The summed E-state index contributed by atoms with van der Waals surface area (Å²) >= 11 is 0. The number of hydrogen-bond donors (Lipinski definition) is 1. The highest BCUT2D eigenvalue weighted by Crippen LogP contribution is 2.33. The number of imidazole rings is 1. The molecule has 0 fully saturated rings. The van der Waals surface area contributed by atoms with Crippen LogP contribution in [0.3, 0.4) is 0 Å². The summed E-state index contributed by atoms with van der Waals surface area (Å²) in [6, 6.07) is 13.6.